The Morgan fingerprint density at radius 3 is 2.09 bits per heavy atom. The summed E-state index contributed by atoms with van der Waals surface area (Å²) in [5.41, 5.74) is 0. The molecule has 0 amide bonds. The van der Waals surface area contributed by atoms with Crippen molar-refractivity contribution in [3.63, 3.8) is 0 Å². The summed E-state index contributed by atoms with van der Waals surface area (Å²) in [7, 11) is -3.01. The molecule has 1 unspecified atom stereocenters. The molecule has 2 aromatic carbocycles. The van der Waals surface area contributed by atoms with Gasteiger partial charge in [0.1, 0.15) is 4.60 Å². The van der Waals surface area contributed by atoms with Gasteiger partial charge < -0.3 is 4.57 Å². The summed E-state index contributed by atoms with van der Waals surface area (Å²) >= 11 is 7.00. The number of nitrogens with zero attached hydrogens (tertiary/aromatic N) is 1. The first-order valence-corrected chi connectivity index (χ1v) is 9.95. The summed E-state index contributed by atoms with van der Waals surface area (Å²) in [5.74, 6) is 0. The summed E-state index contributed by atoms with van der Waals surface area (Å²) < 4.78 is 15.6. The van der Waals surface area contributed by atoms with Crippen LogP contribution in [-0.4, -0.2) is 4.98 Å². The van der Waals surface area contributed by atoms with Gasteiger partial charge in [-0.05, 0) is 40.2 Å². The molecule has 0 saturated heterocycles. The Hall–Kier alpha value is -1.22. The predicted molar refractivity (Wildman–Crippen MR) is 99.0 cm³/mol. The normalized spacial score (nSPS) is 13.5. The number of hydrogen-bond donors (Lipinski definition) is 0. The molecule has 1 heterocycles. The highest BCUT2D eigenvalue weighted by Gasteiger charge is 2.33. The maximum atomic E-state index is 14.2. The molecule has 0 aliphatic heterocycles. The minimum absolute atomic E-state index is 0.609. The van der Waals surface area contributed by atoms with E-state index in [1.54, 1.807) is 6.20 Å². The van der Waals surface area contributed by atoms with Crippen LogP contribution in [0.3, 0.4) is 0 Å². The Kier molecular flexibility index (Phi) is 4.62. The molecule has 0 bridgehead atoms. The van der Waals surface area contributed by atoms with Crippen LogP contribution in [0.4, 0.5) is 0 Å². The van der Waals surface area contributed by atoms with E-state index in [0.29, 0.717) is 9.91 Å². The first-order chi connectivity index (χ1) is 10.6. The highest BCUT2D eigenvalue weighted by atomic mass is 79.9. The van der Waals surface area contributed by atoms with Crippen molar-refractivity contribution in [2.45, 2.75) is 0 Å². The van der Waals surface area contributed by atoms with Crippen molar-refractivity contribution in [3.8, 4) is 0 Å². The summed E-state index contributed by atoms with van der Waals surface area (Å²) in [6.45, 7) is 0. The smallest absolute Gasteiger partial charge is 0.174 e. The molecule has 5 heteroatoms. The van der Waals surface area contributed by atoms with E-state index in [-0.39, 0.29) is 0 Å². The van der Waals surface area contributed by atoms with Crippen LogP contribution < -0.4 is 15.9 Å². The van der Waals surface area contributed by atoms with E-state index in [4.69, 9.17) is 0 Å². The van der Waals surface area contributed by atoms with Crippen molar-refractivity contribution in [2.75, 3.05) is 0 Å². The molecule has 3 aromatic rings. The quantitative estimate of drug-likeness (QED) is 0.454. The van der Waals surface area contributed by atoms with E-state index in [0.717, 1.165) is 15.1 Å². The second kappa shape index (κ2) is 6.49. The fraction of sp³-hybridized carbons (Fsp3) is 0. The standard InChI is InChI=1S/C17H12Br2NOP/c18-14-9-4-5-10-15(14)22(21,13-7-2-1-3-8-13)16-11-6-12-20-17(16)19/h1-12H. The van der Waals surface area contributed by atoms with Crippen molar-refractivity contribution in [1.82, 2.24) is 4.98 Å². The van der Waals surface area contributed by atoms with E-state index >= 15 is 0 Å². The Balaban J connectivity index is 2.37. The van der Waals surface area contributed by atoms with Gasteiger partial charge in [-0.3, -0.25) is 0 Å². The van der Waals surface area contributed by atoms with Gasteiger partial charge in [0.2, 0.25) is 0 Å². The number of aromatic nitrogens is 1. The molecule has 0 fully saturated rings. The van der Waals surface area contributed by atoms with Crippen LogP contribution in [0.1, 0.15) is 0 Å². The summed E-state index contributed by atoms with van der Waals surface area (Å²) in [4.78, 5) is 4.26. The van der Waals surface area contributed by atoms with E-state index in [9.17, 15) is 4.57 Å². The van der Waals surface area contributed by atoms with Crippen LogP contribution >= 0.6 is 39.0 Å². The van der Waals surface area contributed by atoms with Gasteiger partial charge >= 0.3 is 0 Å². The van der Waals surface area contributed by atoms with Gasteiger partial charge in [0.05, 0.1) is 5.30 Å². The first-order valence-electron chi connectivity index (χ1n) is 6.66. The highest BCUT2D eigenvalue weighted by Crippen LogP contribution is 2.45. The predicted octanol–water partition coefficient (Wildman–Crippen LogP) is 4.25. The molecule has 110 valence electrons. The van der Waals surface area contributed by atoms with Crippen LogP contribution in [0.5, 0.6) is 0 Å². The Labute approximate surface area is 146 Å². The van der Waals surface area contributed by atoms with Gasteiger partial charge in [0.25, 0.3) is 0 Å². The molecular weight excluding hydrogens is 425 g/mol. The van der Waals surface area contributed by atoms with Crippen LogP contribution in [-0.2, 0) is 4.57 Å². The molecule has 1 atom stereocenters. The lowest BCUT2D eigenvalue weighted by molar-refractivity contribution is 0.592. The number of hydrogen-bond acceptors (Lipinski definition) is 2. The molecule has 1 aromatic heterocycles. The fourth-order valence-electron chi connectivity index (χ4n) is 2.37. The number of halogens is 2. The Bertz CT molecular complexity index is 803. The van der Waals surface area contributed by atoms with Gasteiger partial charge in [0.15, 0.2) is 7.14 Å². The van der Waals surface area contributed by atoms with Crippen LogP contribution in [0.25, 0.3) is 0 Å². The number of benzene rings is 2. The molecule has 0 N–H and O–H groups in total. The van der Waals surface area contributed by atoms with Crippen LogP contribution in [0.2, 0.25) is 0 Å². The third kappa shape index (κ3) is 2.71. The van der Waals surface area contributed by atoms with E-state index < -0.39 is 7.14 Å². The fourth-order valence-corrected chi connectivity index (χ4v) is 7.09. The number of rotatable bonds is 3. The van der Waals surface area contributed by atoms with E-state index in [2.05, 4.69) is 36.8 Å². The zero-order chi connectivity index (χ0) is 15.6. The lowest BCUT2D eigenvalue weighted by atomic mass is 10.4. The molecule has 0 aliphatic carbocycles. The maximum Gasteiger partial charge on any atom is 0.174 e. The summed E-state index contributed by atoms with van der Waals surface area (Å²) in [6, 6.07) is 20.8. The molecule has 3 rings (SSSR count). The van der Waals surface area contributed by atoms with Crippen molar-refractivity contribution < 1.29 is 4.57 Å². The molecule has 0 aliphatic rings. The van der Waals surface area contributed by atoms with E-state index in [1.165, 1.54) is 0 Å². The van der Waals surface area contributed by atoms with E-state index in [1.807, 2.05) is 66.7 Å². The van der Waals surface area contributed by atoms with Gasteiger partial charge in [0, 0.05) is 21.3 Å². The average Bonchev–Trinajstić information content (AvgIpc) is 2.56. The van der Waals surface area contributed by atoms with Crippen molar-refractivity contribution in [3.05, 3.63) is 82.0 Å². The van der Waals surface area contributed by atoms with Crippen molar-refractivity contribution in [2.24, 2.45) is 0 Å². The highest BCUT2D eigenvalue weighted by molar-refractivity contribution is 9.11. The lowest BCUT2D eigenvalue weighted by Gasteiger charge is -2.21. The zero-order valence-electron chi connectivity index (χ0n) is 11.5. The third-order valence-corrected chi connectivity index (χ3v) is 8.46. The monoisotopic (exact) mass is 435 g/mol. The summed E-state index contributed by atoms with van der Waals surface area (Å²) in [5, 5.41) is 2.26. The molecule has 0 spiro atoms. The lowest BCUT2D eigenvalue weighted by Crippen LogP contribution is -2.27. The molecular formula is C17H12Br2NOP. The Morgan fingerprint density at radius 1 is 0.773 bits per heavy atom. The maximum absolute atomic E-state index is 14.2. The summed E-state index contributed by atoms with van der Waals surface area (Å²) in [6.07, 6.45) is 1.68. The molecule has 2 nitrogen and oxygen atoms in total. The molecule has 22 heavy (non-hydrogen) atoms. The number of pyridine rings is 1. The van der Waals surface area contributed by atoms with Crippen molar-refractivity contribution in [1.29, 1.82) is 0 Å². The minimum atomic E-state index is -3.01. The van der Waals surface area contributed by atoms with Crippen LogP contribution in [0, 0.1) is 0 Å². The largest absolute Gasteiger partial charge is 0.308 e. The second-order valence-electron chi connectivity index (χ2n) is 4.71. The topological polar surface area (TPSA) is 30.0 Å². The van der Waals surface area contributed by atoms with Gasteiger partial charge in [-0.1, -0.05) is 58.4 Å². The molecule has 0 radical (unpaired) electrons. The van der Waals surface area contributed by atoms with Crippen molar-refractivity contribution >= 4 is 54.9 Å². The van der Waals surface area contributed by atoms with Crippen LogP contribution in [0.15, 0.2) is 82.0 Å². The third-order valence-electron chi connectivity index (χ3n) is 3.39. The van der Waals surface area contributed by atoms with Gasteiger partial charge in [-0.2, -0.15) is 0 Å². The van der Waals surface area contributed by atoms with Gasteiger partial charge in [-0.15, -0.1) is 0 Å². The first kappa shape index (κ1) is 15.7. The SMILES string of the molecule is O=P(c1ccccc1)(c1ccccc1Br)c1cccnc1Br. The average molecular weight is 437 g/mol. The zero-order valence-corrected chi connectivity index (χ0v) is 15.6. The minimum Gasteiger partial charge on any atom is -0.308 e. The Morgan fingerprint density at radius 2 is 1.41 bits per heavy atom. The second-order valence-corrected chi connectivity index (χ2v) is 9.01. The van der Waals surface area contributed by atoms with Gasteiger partial charge in [-0.25, -0.2) is 4.98 Å². The molecule has 0 saturated carbocycles.